The third-order valence-electron chi connectivity index (χ3n) is 4.30. The number of rotatable bonds is 4. The van der Waals surface area contributed by atoms with Gasteiger partial charge in [0, 0.05) is 36.6 Å². The average molecular weight is 289 g/mol. The predicted octanol–water partition coefficient (Wildman–Crippen LogP) is 1.90. The number of carbonyl (C=O) groups is 1. The van der Waals surface area contributed by atoms with Crippen LogP contribution in [-0.4, -0.2) is 38.8 Å². The maximum atomic E-state index is 11.9. The Morgan fingerprint density at radius 3 is 3.10 bits per heavy atom. The predicted molar refractivity (Wildman–Crippen MR) is 83.7 cm³/mol. The number of hydrogen-bond acceptors (Lipinski definition) is 4. The fourth-order valence-electron chi connectivity index (χ4n) is 3.28. The molecule has 0 aromatic heterocycles. The van der Waals surface area contributed by atoms with Gasteiger partial charge in [-0.25, -0.2) is 0 Å². The number of fused-ring (bicyclic) bond motifs is 1. The minimum absolute atomic E-state index is 0.0236. The summed E-state index contributed by atoms with van der Waals surface area (Å²) in [6, 6.07) is 6.01. The molecule has 2 aliphatic rings. The van der Waals surface area contributed by atoms with Crippen LogP contribution in [0.1, 0.15) is 31.4 Å². The zero-order valence-electron chi connectivity index (χ0n) is 12.7. The van der Waals surface area contributed by atoms with Gasteiger partial charge in [0.1, 0.15) is 6.04 Å². The highest BCUT2D eigenvalue weighted by Crippen LogP contribution is 2.34. The Kier molecular flexibility index (Phi) is 4.12. The number of anilines is 2. The van der Waals surface area contributed by atoms with Crippen molar-refractivity contribution in [3.05, 3.63) is 23.8 Å². The van der Waals surface area contributed by atoms with Gasteiger partial charge in [-0.1, -0.05) is 6.07 Å². The Balaban J connectivity index is 1.78. The lowest BCUT2D eigenvalue weighted by Crippen LogP contribution is -2.39. The van der Waals surface area contributed by atoms with Gasteiger partial charge in [0.05, 0.1) is 6.10 Å². The van der Waals surface area contributed by atoms with Crippen LogP contribution in [0.2, 0.25) is 0 Å². The van der Waals surface area contributed by atoms with E-state index in [1.54, 1.807) is 0 Å². The molecule has 3 rings (SSSR count). The van der Waals surface area contributed by atoms with Crippen molar-refractivity contribution < 1.29 is 9.53 Å². The molecule has 114 valence electrons. The van der Waals surface area contributed by atoms with Gasteiger partial charge in [-0.15, -0.1) is 0 Å². The van der Waals surface area contributed by atoms with Crippen LogP contribution in [0.25, 0.3) is 0 Å². The van der Waals surface area contributed by atoms with E-state index in [9.17, 15) is 4.79 Å². The number of amides is 1. The molecule has 2 heterocycles. The van der Waals surface area contributed by atoms with E-state index in [-0.39, 0.29) is 11.9 Å². The lowest BCUT2D eigenvalue weighted by atomic mass is 10.0. The summed E-state index contributed by atoms with van der Waals surface area (Å²) in [4.78, 5) is 14.2. The van der Waals surface area contributed by atoms with Crippen LogP contribution < -0.4 is 15.5 Å². The van der Waals surface area contributed by atoms with Crippen LogP contribution in [0.5, 0.6) is 0 Å². The maximum absolute atomic E-state index is 11.9. The number of hydrogen-bond donors (Lipinski definition) is 2. The summed E-state index contributed by atoms with van der Waals surface area (Å²) in [5, 5.41) is 6.00. The standard InChI is InChI=1S/C16H23N3O2/c1-3-21-12-5-4-8-19(10-12)11-6-7-13-14(9-11)18-16(20)15(13)17-2/h6-7,9,12,15,17H,3-5,8,10H2,1-2H3,(H,18,20). The van der Waals surface area contributed by atoms with Crippen LogP contribution >= 0.6 is 0 Å². The van der Waals surface area contributed by atoms with Crippen molar-refractivity contribution in [3.63, 3.8) is 0 Å². The summed E-state index contributed by atoms with van der Waals surface area (Å²) in [5.41, 5.74) is 3.12. The second-order valence-electron chi connectivity index (χ2n) is 5.65. The van der Waals surface area contributed by atoms with Crippen LogP contribution in [0.4, 0.5) is 11.4 Å². The highest BCUT2D eigenvalue weighted by atomic mass is 16.5. The summed E-state index contributed by atoms with van der Waals surface area (Å²) in [7, 11) is 1.81. The average Bonchev–Trinajstić information content (AvgIpc) is 2.82. The van der Waals surface area contributed by atoms with Crippen molar-refractivity contribution in [2.75, 3.05) is 37.0 Å². The van der Waals surface area contributed by atoms with Crippen LogP contribution in [0.15, 0.2) is 18.2 Å². The number of piperidine rings is 1. The van der Waals surface area contributed by atoms with Gasteiger partial charge < -0.3 is 20.3 Å². The van der Waals surface area contributed by atoms with Crippen molar-refractivity contribution >= 4 is 17.3 Å². The monoisotopic (exact) mass is 289 g/mol. The first-order valence-corrected chi connectivity index (χ1v) is 7.71. The number of benzene rings is 1. The molecule has 1 aromatic carbocycles. The van der Waals surface area contributed by atoms with E-state index in [1.165, 1.54) is 0 Å². The van der Waals surface area contributed by atoms with Gasteiger partial charge in [-0.2, -0.15) is 0 Å². The Morgan fingerprint density at radius 2 is 2.33 bits per heavy atom. The number of carbonyl (C=O) groups excluding carboxylic acids is 1. The molecule has 1 saturated heterocycles. The molecule has 0 spiro atoms. The minimum atomic E-state index is -0.230. The van der Waals surface area contributed by atoms with Crippen LogP contribution in [0, 0.1) is 0 Å². The van der Waals surface area contributed by atoms with Crippen molar-refractivity contribution in [1.82, 2.24) is 5.32 Å². The molecule has 0 radical (unpaired) electrons. The Morgan fingerprint density at radius 1 is 1.48 bits per heavy atom. The molecule has 0 saturated carbocycles. The summed E-state index contributed by atoms with van der Waals surface area (Å²) >= 11 is 0. The molecule has 2 N–H and O–H groups in total. The molecule has 1 aromatic rings. The molecule has 2 atom stereocenters. The Hall–Kier alpha value is -1.59. The van der Waals surface area contributed by atoms with E-state index < -0.39 is 0 Å². The molecule has 2 aliphatic heterocycles. The molecular weight excluding hydrogens is 266 g/mol. The largest absolute Gasteiger partial charge is 0.377 e. The maximum Gasteiger partial charge on any atom is 0.246 e. The zero-order valence-corrected chi connectivity index (χ0v) is 12.7. The molecule has 2 unspecified atom stereocenters. The first kappa shape index (κ1) is 14.4. The highest BCUT2D eigenvalue weighted by molar-refractivity contribution is 6.03. The third-order valence-corrected chi connectivity index (χ3v) is 4.30. The third kappa shape index (κ3) is 2.76. The summed E-state index contributed by atoms with van der Waals surface area (Å²) in [6.45, 7) is 4.78. The van der Waals surface area contributed by atoms with E-state index in [2.05, 4.69) is 27.7 Å². The first-order valence-electron chi connectivity index (χ1n) is 7.71. The normalized spacial score (nSPS) is 24.9. The van der Waals surface area contributed by atoms with E-state index in [0.717, 1.165) is 49.5 Å². The fraction of sp³-hybridized carbons (Fsp3) is 0.562. The van der Waals surface area contributed by atoms with Crippen molar-refractivity contribution in [3.8, 4) is 0 Å². The highest BCUT2D eigenvalue weighted by Gasteiger charge is 2.30. The molecular formula is C16H23N3O2. The molecule has 5 nitrogen and oxygen atoms in total. The quantitative estimate of drug-likeness (QED) is 0.889. The molecule has 5 heteroatoms. The summed E-state index contributed by atoms with van der Waals surface area (Å²) in [6.07, 6.45) is 2.60. The zero-order chi connectivity index (χ0) is 14.8. The fourth-order valence-corrected chi connectivity index (χ4v) is 3.28. The van der Waals surface area contributed by atoms with Gasteiger partial charge in [0.25, 0.3) is 0 Å². The number of likely N-dealkylation sites (N-methyl/N-ethyl adjacent to an activating group) is 1. The van der Waals surface area contributed by atoms with Crippen molar-refractivity contribution in [1.29, 1.82) is 0 Å². The van der Waals surface area contributed by atoms with Gasteiger partial charge in [-0.3, -0.25) is 4.79 Å². The van der Waals surface area contributed by atoms with Gasteiger partial charge in [0.2, 0.25) is 5.91 Å². The second-order valence-corrected chi connectivity index (χ2v) is 5.65. The smallest absolute Gasteiger partial charge is 0.246 e. The van der Waals surface area contributed by atoms with E-state index >= 15 is 0 Å². The van der Waals surface area contributed by atoms with E-state index in [0.29, 0.717) is 6.10 Å². The summed E-state index contributed by atoms with van der Waals surface area (Å²) < 4.78 is 5.76. The van der Waals surface area contributed by atoms with Gasteiger partial charge in [-0.05, 0) is 38.9 Å². The lowest BCUT2D eigenvalue weighted by Gasteiger charge is -2.34. The van der Waals surface area contributed by atoms with Crippen molar-refractivity contribution in [2.24, 2.45) is 0 Å². The molecule has 0 bridgehead atoms. The van der Waals surface area contributed by atoms with Gasteiger partial charge in [0.15, 0.2) is 0 Å². The number of nitrogens with zero attached hydrogens (tertiary/aromatic N) is 1. The van der Waals surface area contributed by atoms with E-state index in [1.807, 2.05) is 20.0 Å². The second kappa shape index (κ2) is 6.03. The minimum Gasteiger partial charge on any atom is -0.377 e. The van der Waals surface area contributed by atoms with Crippen LogP contribution in [-0.2, 0) is 9.53 Å². The lowest BCUT2D eigenvalue weighted by molar-refractivity contribution is -0.117. The Bertz CT molecular complexity index is 530. The van der Waals surface area contributed by atoms with Crippen molar-refractivity contribution in [2.45, 2.75) is 31.9 Å². The molecule has 1 amide bonds. The first-order chi connectivity index (χ1) is 10.2. The Labute approximate surface area is 125 Å². The van der Waals surface area contributed by atoms with Crippen LogP contribution in [0.3, 0.4) is 0 Å². The molecule has 21 heavy (non-hydrogen) atoms. The van der Waals surface area contributed by atoms with E-state index in [4.69, 9.17) is 4.74 Å². The summed E-state index contributed by atoms with van der Waals surface area (Å²) in [5.74, 6) is 0.0236. The molecule has 0 aliphatic carbocycles. The number of nitrogens with one attached hydrogen (secondary N) is 2. The van der Waals surface area contributed by atoms with Gasteiger partial charge >= 0.3 is 0 Å². The number of ether oxygens (including phenoxy) is 1. The topological polar surface area (TPSA) is 53.6 Å². The molecule has 1 fully saturated rings. The SMILES string of the molecule is CCOC1CCCN(c2ccc3c(c2)NC(=O)C3NC)C1.